The number of aliphatic hydroxyl groups excluding tert-OH is 1. The number of nitrogens with one attached hydrogen (secondary N) is 1. The largest absolute Gasteiger partial charge is 0.393 e. The van der Waals surface area contributed by atoms with Crippen molar-refractivity contribution in [2.45, 2.75) is 42.2 Å². The van der Waals surface area contributed by atoms with Crippen molar-refractivity contribution in [1.82, 2.24) is 10.3 Å². The smallest absolute Gasteiger partial charge is 0.230 e. The number of nitrogens with zero attached hydrogens (tertiary/aromatic N) is 1. The van der Waals surface area contributed by atoms with Crippen molar-refractivity contribution in [1.29, 1.82) is 0 Å². The van der Waals surface area contributed by atoms with Gasteiger partial charge in [-0.25, -0.2) is 4.98 Å². The second kappa shape index (κ2) is 6.77. The Hall–Kier alpha value is -1.11. The molecule has 0 saturated heterocycles. The molecular formula is C15H18N2O2S2. The van der Waals surface area contributed by atoms with Crippen molar-refractivity contribution in [2.24, 2.45) is 0 Å². The normalized spacial score (nSPS) is 22.3. The summed E-state index contributed by atoms with van der Waals surface area (Å²) in [6.07, 6.45) is 3.14. The average Bonchev–Trinajstić information content (AvgIpc) is 2.90. The van der Waals surface area contributed by atoms with Gasteiger partial charge in [0.1, 0.15) is 0 Å². The SMILES string of the molecule is O=C(CSc1nc2ccccc2s1)NC1CCC(O)CC1. The molecule has 0 aliphatic heterocycles. The molecule has 0 unspecified atom stereocenters. The van der Waals surface area contributed by atoms with Crippen molar-refractivity contribution in [3.63, 3.8) is 0 Å². The number of hydrogen-bond donors (Lipinski definition) is 2. The van der Waals surface area contributed by atoms with E-state index in [9.17, 15) is 9.90 Å². The highest BCUT2D eigenvalue weighted by Crippen LogP contribution is 2.29. The third kappa shape index (κ3) is 3.96. The van der Waals surface area contributed by atoms with Crippen LogP contribution in [-0.4, -0.2) is 33.9 Å². The van der Waals surface area contributed by atoms with Crippen LogP contribution in [0.5, 0.6) is 0 Å². The summed E-state index contributed by atoms with van der Waals surface area (Å²) in [5, 5.41) is 12.5. The van der Waals surface area contributed by atoms with E-state index in [0.29, 0.717) is 5.75 Å². The molecule has 1 saturated carbocycles. The number of para-hydroxylation sites is 1. The highest BCUT2D eigenvalue weighted by Gasteiger charge is 2.20. The maximum Gasteiger partial charge on any atom is 0.230 e. The molecule has 1 aliphatic rings. The second-order valence-corrected chi connectivity index (χ2v) is 7.56. The number of carbonyl (C=O) groups is 1. The van der Waals surface area contributed by atoms with Crippen LogP contribution in [0.1, 0.15) is 25.7 Å². The van der Waals surface area contributed by atoms with Crippen molar-refractivity contribution in [3.8, 4) is 0 Å². The minimum Gasteiger partial charge on any atom is -0.393 e. The molecule has 6 heteroatoms. The Morgan fingerprint density at radius 3 is 2.86 bits per heavy atom. The summed E-state index contributed by atoms with van der Waals surface area (Å²) in [5.74, 6) is 0.458. The van der Waals surface area contributed by atoms with Crippen LogP contribution < -0.4 is 5.32 Å². The molecule has 0 radical (unpaired) electrons. The van der Waals surface area contributed by atoms with Crippen LogP contribution in [0.25, 0.3) is 10.2 Å². The fraction of sp³-hybridized carbons (Fsp3) is 0.467. The lowest BCUT2D eigenvalue weighted by atomic mass is 9.93. The van der Waals surface area contributed by atoms with Crippen LogP contribution in [0, 0.1) is 0 Å². The van der Waals surface area contributed by atoms with Gasteiger partial charge in [-0.15, -0.1) is 11.3 Å². The highest BCUT2D eigenvalue weighted by atomic mass is 32.2. The summed E-state index contributed by atoms with van der Waals surface area (Å²) in [6.45, 7) is 0. The number of aromatic nitrogens is 1. The molecule has 2 aromatic rings. The van der Waals surface area contributed by atoms with Gasteiger partial charge in [-0.2, -0.15) is 0 Å². The zero-order valence-electron chi connectivity index (χ0n) is 11.6. The molecule has 1 amide bonds. The zero-order valence-corrected chi connectivity index (χ0v) is 13.3. The zero-order chi connectivity index (χ0) is 14.7. The Labute approximate surface area is 132 Å². The standard InChI is InChI=1S/C15H18N2O2S2/c18-11-7-5-10(6-8-11)16-14(19)9-20-15-17-12-3-1-2-4-13(12)21-15/h1-4,10-11,18H,5-9H2,(H,16,19). The molecule has 112 valence electrons. The molecule has 21 heavy (non-hydrogen) atoms. The van der Waals surface area contributed by atoms with Gasteiger partial charge in [-0.3, -0.25) is 4.79 Å². The molecule has 0 spiro atoms. The average molecular weight is 322 g/mol. The first-order chi connectivity index (χ1) is 10.2. The maximum absolute atomic E-state index is 12.0. The summed E-state index contributed by atoms with van der Waals surface area (Å²) in [5.41, 5.74) is 0.992. The number of benzene rings is 1. The summed E-state index contributed by atoms with van der Waals surface area (Å²) in [6, 6.07) is 8.23. The van der Waals surface area contributed by atoms with Gasteiger partial charge in [0.15, 0.2) is 4.34 Å². The molecule has 1 fully saturated rings. The van der Waals surface area contributed by atoms with Crippen molar-refractivity contribution in [3.05, 3.63) is 24.3 Å². The fourth-order valence-electron chi connectivity index (χ4n) is 2.53. The van der Waals surface area contributed by atoms with Gasteiger partial charge in [0.05, 0.1) is 22.1 Å². The molecule has 1 heterocycles. The summed E-state index contributed by atoms with van der Waals surface area (Å²) in [4.78, 5) is 16.5. The minimum atomic E-state index is -0.185. The number of aliphatic hydroxyl groups is 1. The van der Waals surface area contributed by atoms with Gasteiger partial charge >= 0.3 is 0 Å². The molecule has 0 bridgehead atoms. The van der Waals surface area contributed by atoms with E-state index >= 15 is 0 Å². The quantitative estimate of drug-likeness (QED) is 0.850. The van der Waals surface area contributed by atoms with Crippen LogP contribution in [-0.2, 0) is 4.79 Å². The minimum absolute atomic E-state index is 0.0562. The fourth-order valence-corrected chi connectivity index (χ4v) is 4.41. The number of thioether (sulfide) groups is 1. The molecule has 0 atom stereocenters. The van der Waals surface area contributed by atoms with E-state index in [4.69, 9.17) is 0 Å². The van der Waals surface area contributed by atoms with E-state index in [-0.39, 0.29) is 18.1 Å². The molecular weight excluding hydrogens is 304 g/mol. The van der Waals surface area contributed by atoms with Crippen LogP contribution in [0.4, 0.5) is 0 Å². The molecule has 4 nitrogen and oxygen atoms in total. The molecule has 1 aromatic carbocycles. The van der Waals surface area contributed by atoms with Gasteiger partial charge in [-0.1, -0.05) is 23.9 Å². The predicted molar refractivity (Wildman–Crippen MR) is 86.7 cm³/mol. The molecule has 3 rings (SSSR count). The van der Waals surface area contributed by atoms with E-state index in [1.54, 1.807) is 11.3 Å². The van der Waals surface area contributed by atoms with E-state index in [0.717, 1.165) is 40.2 Å². The van der Waals surface area contributed by atoms with Crippen LogP contribution >= 0.6 is 23.1 Å². The lowest BCUT2D eigenvalue weighted by Gasteiger charge is -2.26. The highest BCUT2D eigenvalue weighted by molar-refractivity contribution is 8.01. The van der Waals surface area contributed by atoms with E-state index in [2.05, 4.69) is 10.3 Å². The van der Waals surface area contributed by atoms with E-state index in [1.807, 2.05) is 24.3 Å². The lowest BCUT2D eigenvalue weighted by molar-refractivity contribution is -0.119. The van der Waals surface area contributed by atoms with Crippen LogP contribution in [0.15, 0.2) is 28.6 Å². The van der Waals surface area contributed by atoms with Crippen molar-refractivity contribution < 1.29 is 9.90 Å². The number of fused-ring (bicyclic) bond motifs is 1. The first kappa shape index (κ1) is 14.8. The monoisotopic (exact) mass is 322 g/mol. The first-order valence-corrected chi connectivity index (χ1v) is 8.97. The maximum atomic E-state index is 12.0. The third-order valence-electron chi connectivity index (χ3n) is 3.66. The Kier molecular flexibility index (Phi) is 4.77. The number of carbonyl (C=O) groups excluding carboxylic acids is 1. The van der Waals surface area contributed by atoms with Gasteiger partial charge in [0.25, 0.3) is 0 Å². The van der Waals surface area contributed by atoms with Crippen LogP contribution in [0.3, 0.4) is 0 Å². The predicted octanol–water partition coefficient (Wildman–Crippen LogP) is 2.81. The number of amides is 1. The number of rotatable bonds is 4. The Bertz CT molecular complexity index is 588. The lowest BCUT2D eigenvalue weighted by Crippen LogP contribution is -2.39. The summed E-state index contributed by atoms with van der Waals surface area (Å²) >= 11 is 3.11. The van der Waals surface area contributed by atoms with Crippen molar-refractivity contribution >= 4 is 39.2 Å². The Morgan fingerprint density at radius 1 is 1.33 bits per heavy atom. The molecule has 1 aliphatic carbocycles. The number of thiazole rings is 1. The van der Waals surface area contributed by atoms with Gasteiger partial charge in [0.2, 0.25) is 5.91 Å². The second-order valence-electron chi connectivity index (χ2n) is 5.31. The topological polar surface area (TPSA) is 62.2 Å². The van der Waals surface area contributed by atoms with E-state index in [1.165, 1.54) is 11.8 Å². The van der Waals surface area contributed by atoms with Crippen LogP contribution in [0.2, 0.25) is 0 Å². The van der Waals surface area contributed by atoms with Gasteiger partial charge in [0, 0.05) is 6.04 Å². The van der Waals surface area contributed by atoms with Crippen molar-refractivity contribution in [2.75, 3.05) is 5.75 Å². The third-order valence-corrected chi connectivity index (χ3v) is 5.84. The van der Waals surface area contributed by atoms with Gasteiger partial charge < -0.3 is 10.4 Å². The van der Waals surface area contributed by atoms with E-state index < -0.39 is 0 Å². The summed E-state index contributed by atoms with van der Waals surface area (Å²) in [7, 11) is 0. The molecule has 1 aromatic heterocycles. The Balaban J connectivity index is 1.49. The summed E-state index contributed by atoms with van der Waals surface area (Å²) < 4.78 is 2.09. The molecule has 2 N–H and O–H groups in total. The Morgan fingerprint density at radius 2 is 2.10 bits per heavy atom. The number of hydrogen-bond acceptors (Lipinski definition) is 5. The van der Waals surface area contributed by atoms with Gasteiger partial charge in [-0.05, 0) is 37.8 Å². The first-order valence-electron chi connectivity index (χ1n) is 7.16.